The van der Waals surface area contributed by atoms with Gasteiger partial charge in [0.1, 0.15) is 22.3 Å². The number of para-hydroxylation sites is 2. The van der Waals surface area contributed by atoms with Gasteiger partial charge in [0.25, 0.3) is 0 Å². The zero-order valence-corrected chi connectivity index (χ0v) is 26.9. The Labute approximate surface area is 287 Å². The summed E-state index contributed by atoms with van der Waals surface area (Å²) in [6.07, 6.45) is 0. The smallest absolute Gasteiger partial charge is 0.160 e. The molecule has 10 rings (SSSR count). The first-order chi connectivity index (χ1) is 24.8. The van der Waals surface area contributed by atoms with Crippen molar-refractivity contribution in [3.05, 3.63) is 170 Å². The summed E-state index contributed by atoms with van der Waals surface area (Å²) in [5.74, 6) is 0.680. The Kier molecular flexibility index (Phi) is 6.46. The third-order valence-corrected chi connectivity index (χ3v) is 9.50. The first-order valence-electron chi connectivity index (χ1n) is 16.7. The van der Waals surface area contributed by atoms with Gasteiger partial charge in [-0.3, -0.25) is 0 Å². The second-order valence-corrected chi connectivity index (χ2v) is 12.5. The van der Waals surface area contributed by atoms with Crippen molar-refractivity contribution in [2.24, 2.45) is 0 Å². The van der Waals surface area contributed by atoms with Gasteiger partial charge in [-0.15, -0.1) is 0 Å². The normalized spacial score (nSPS) is 11.6. The van der Waals surface area contributed by atoms with Gasteiger partial charge in [-0.1, -0.05) is 127 Å². The van der Waals surface area contributed by atoms with Gasteiger partial charge < -0.3 is 8.83 Å². The molecular formula is C46H28N2O2. The molecule has 0 aliphatic heterocycles. The fourth-order valence-corrected chi connectivity index (χ4v) is 7.18. The molecule has 0 radical (unpaired) electrons. The van der Waals surface area contributed by atoms with Crippen LogP contribution in [0, 0.1) is 0 Å². The number of benzene rings is 7. The quantitative estimate of drug-likeness (QED) is 0.188. The topological polar surface area (TPSA) is 52.1 Å². The zero-order chi connectivity index (χ0) is 33.0. The first-order valence-corrected chi connectivity index (χ1v) is 16.7. The fraction of sp³-hybridized carbons (Fsp3) is 0. The van der Waals surface area contributed by atoms with E-state index < -0.39 is 0 Å². The van der Waals surface area contributed by atoms with E-state index >= 15 is 0 Å². The fourth-order valence-electron chi connectivity index (χ4n) is 7.18. The molecule has 10 aromatic rings. The maximum absolute atomic E-state index is 6.21. The Morgan fingerprint density at radius 2 is 0.740 bits per heavy atom. The molecule has 3 heterocycles. The summed E-state index contributed by atoms with van der Waals surface area (Å²) in [7, 11) is 0. The molecule has 0 fully saturated rings. The highest BCUT2D eigenvalue weighted by Crippen LogP contribution is 2.40. The number of hydrogen-bond acceptors (Lipinski definition) is 4. The highest BCUT2D eigenvalue weighted by molar-refractivity contribution is 6.13. The van der Waals surface area contributed by atoms with Crippen LogP contribution in [0.4, 0.5) is 0 Å². The van der Waals surface area contributed by atoms with Crippen molar-refractivity contribution in [3.63, 3.8) is 0 Å². The van der Waals surface area contributed by atoms with Crippen molar-refractivity contribution in [2.45, 2.75) is 0 Å². The second-order valence-electron chi connectivity index (χ2n) is 12.5. The lowest BCUT2D eigenvalue weighted by Crippen LogP contribution is -1.96. The molecule has 0 saturated carbocycles. The molecule has 0 saturated heterocycles. The molecule has 0 aliphatic carbocycles. The Morgan fingerprint density at radius 3 is 1.28 bits per heavy atom. The van der Waals surface area contributed by atoms with Crippen LogP contribution in [0.1, 0.15) is 0 Å². The summed E-state index contributed by atoms with van der Waals surface area (Å²) in [5, 5.41) is 4.45. The monoisotopic (exact) mass is 640 g/mol. The maximum atomic E-state index is 6.21. The SMILES string of the molecule is c1ccc(-c2nc(-c3cccc(-c4cccc5oc6ccccc6c45)c3)cc(-c3cccc(-c4cccc5oc6ccccc6c45)c3)n2)cc1. The Morgan fingerprint density at radius 1 is 0.320 bits per heavy atom. The second kappa shape index (κ2) is 11.4. The molecule has 0 unspecified atom stereocenters. The van der Waals surface area contributed by atoms with Crippen molar-refractivity contribution in [3.8, 4) is 56.2 Å². The first kappa shape index (κ1) is 28.3. The molecule has 4 heteroatoms. The van der Waals surface area contributed by atoms with E-state index in [0.717, 1.165) is 94.2 Å². The lowest BCUT2D eigenvalue weighted by atomic mass is 9.96. The van der Waals surface area contributed by atoms with Gasteiger partial charge in [0, 0.05) is 38.2 Å². The Hall–Kier alpha value is -6.78. The average molecular weight is 641 g/mol. The van der Waals surface area contributed by atoms with Crippen molar-refractivity contribution >= 4 is 43.9 Å². The number of aromatic nitrogens is 2. The van der Waals surface area contributed by atoms with E-state index in [1.807, 2.05) is 54.6 Å². The van der Waals surface area contributed by atoms with Crippen LogP contribution in [0.25, 0.3) is 100 Å². The van der Waals surface area contributed by atoms with Crippen molar-refractivity contribution < 1.29 is 8.83 Å². The molecule has 0 atom stereocenters. The van der Waals surface area contributed by atoms with Crippen LogP contribution in [0.3, 0.4) is 0 Å². The molecule has 3 aromatic heterocycles. The van der Waals surface area contributed by atoms with Crippen LogP contribution in [0.5, 0.6) is 0 Å². The summed E-state index contributed by atoms with van der Waals surface area (Å²) < 4.78 is 12.4. The van der Waals surface area contributed by atoms with Crippen LogP contribution in [-0.2, 0) is 0 Å². The molecular weight excluding hydrogens is 613 g/mol. The van der Waals surface area contributed by atoms with E-state index in [1.165, 1.54) is 0 Å². The van der Waals surface area contributed by atoms with Crippen molar-refractivity contribution in [1.29, 1.82) is 0 Å². The largest absolute Gasteiger partial charge is 0.456 e. The van der Waals surface area contributed by atoms with Crippen molar-refractivity contribution in [1.82, 2.24) is 9.97 Å². The van der Waals surface area contributed by atoms with E-state index in [2.05, 4.69) is 115 Å². The van der Waals surface area contributed by atoms with Crippen LogP contribution < -0.4 is 0 Å². The Bertz CT molecular complexity index is 2710. The standard InChI is InChI=1S/C46H28N2O2/c1-2-12-29(13-3-1)46-47-38(32-16-8-14-30(26-32)34-20-10-24-42-44(34)36-18-4-6-22-40(36)49-42)28-39(48-46)33-17-9-15-31(27-33)35-21-11-25-43-45(35)37-19-5-7-23-41(37)50-43/h1-28H. The van der Waals surface area contributed by atoms with Gasteiger partial charge in [-0.25, -0.2) is 9.97 Å². The maximum Gasteiger partial charge on any atom is 0.160 e. The number of furan rings is 2. The highest BCUT2D eigenvalue weighted by atomic mass is 16.3. The Balaban J connectivity index is 1.13. The number of hydrogen-bond donors (Lipinski definition) is 0. The lowest BCUT2D eigenvalue weighted by Gasteiger charge is -2.12. The van der Waals surface area contributed by atoms with Crippen molar-refractivity contribution in [2.75, 3.05) is 0 Å². The minimum Gasteiger partial charge on any atom is -0.456 e. The highest BCUT2D eigenvalue weighted by Gasteiger charge is 2.16. The zero-order valence-electron chi connectivity index (χ0n) is 26.9. The number of rotatable bonds is 5. The summed E-state index contributed by atoms with van der Waals surface area (Å²) in [6, 6.07) is 58.5. The third-order valence-electron chi connectivity index (χ3n) is 9.50. The average Bonchev–Trinajstić information content (AvgIpc) is 3.77. The van der Waals surface area contributed by atoms with E-state index in [4.69, 9.17) is 18.8 Å². The molecule has 7 aromatic carbocycles. The van der Waals surface area contributed by atoms with Gasteiger partial charge in [0.05, 0.1) is 11.4 Å². The third kappa shape index (κ3) is 4.69. The summed E-state index contributed by atoms with van der Waals surface area (Å²) in [5.41, 5.74) is 12.7. The van der Waals surface area contributed by atoms with Gasteiger partial charge in [0.15, 0.2) is 5.82 Å². The van der Waals surface area contributed by atoms with E-state index in [9.17, 15) is 0 Å². The molecule has 0 aliphatic rings. The van der Waals surface area contributed by atoms with Gasteiger partial charge in [-0.2, -0.15) is 0 Å². The van der Waals surface area contributed by atoms with Gasteiger partial charge in [0.2, 0.25) is 0 Å². The predicted octanol–water partition coefficient (Wildman–Crippen LogP) is 12.6. The summed E-state index contributed by atoms with van der Waals surface area (Å²) in [6.45, 7) is 0. The molecule has 0 spiro atoms. The molecule has 234 valence electrons. The van der Waals surface area contributed by atoms with E-state index in [0.29, 0.717) is 5.82 Å². The number of nitrogens with zero attached hydrogens (tertiary/aromatic N) is 2. The molecule has 0 N–H and O–H groups in total. The molecule has 50 heavy (non-hydrogen) atoms. The molecule has 0 bridgehead atoms. The van der Waals surface area contributed by atoms with Gasteiger partial charge >= 0.3 is 0 Å². The minimum absolute atomic E-state index is 0.680. The molecule has 0 amide bonds. The van der Waals surface area contributed by atoms with E-state index in [-0.39, 0.29) is 0 Å². The summed E-state index contributed by atoms with van der Waals surface area (Å²) in [4.78, 5) is 10.3. The van der Waals surface area contributed by atoms with Crippen LogP contribution >= 0.6 is 0 Å². The van der Waals surface area contributed by atoms with Crippen LogP contribution in [0.2, 0.25) is 0 Å². The minimum atomic E-state index is 0.680. The number of fused-ring (bicyclic) bond motifs is 6. The van der Waals surface area contributed by atoms with E-state index in [1.54, 1.807) is 0 Å². The van der Waals surface area contributed by atoms with Crippen LogP contribution in [-0.4, -0.2) is 9.97 Å². The summed E-state index contributed by atoms with van der Waals surface area (Å²) >= 11 is 0. The molecule has 4 nitrogen and oxygen atoms in total. The predicted molar refractivity (Wildman–Crippen MR) is 204 cm³/mol. The lowest BCUT2D eigenvalue weighted by molar-refractivity contribution is 0.668. The van der Waals surface area contributed by atoms with Crippen LogP contribution in [0.15, 0.2) is 179 Å². The van der Waals surface area contributed by atoms with Gasteiger partial charge in [-0.05, 0) is 64.7 Å².